The molecule has 2 nitrogen and oxygen atoms in total. The molecule has 0 aliphatic heterocycles. The van der Waals surface area contributed by atoms with E-state index in [0.29, 0.717) is 18.4 Å². The summed E-state index contributed by atoms with van der Waals surface area (Å²) in [6.45, 7) is 1.51. The minimum Gasteiger partial charge on any atom is -0.211 e. The number of nitrogens with zero attached hydrogens (tertiary/aromatic N) is 1. The van der Waals surface area contributed by atoms with Gasteiger partial charge >= 0.3 is 0 Å². The molecule has 1 aliphatic rings. The molecule has 0 unspecified atom stereocenters. The van der Waals surface area contributed by atoms with Crippen molar-refractivity contribution < 1.29 is 13.6 Å². The molecule has 2 rings (SSSR count). The van der Waals surface area contributed by atoms with Crippen LogP contribution in [0.15, 0.2) is 17.1 Å². The number of carbonyl (C=O) groups excluding carboxylic acids is 1. The Morgan fingerprint density at radius 1 is 1.29 bits per heavy atom. The number of benzene rings is 1. The molecule has 4 heteroatoms. The van der Waals surface area contributed by atoms with Crippen molar-refractivity contribution in [3.05, 3.63) is 34.9 Å². The highest BCUT2D eigenvalue weighted by molar-refractivity contribution is 5.40. The number of hydrogen-bond acceptors (Lipinski definition) is 2. The number of hydrogen-bond donors (Lipinski definition) is 0. The molecule has 1 aromatic rings. The number of aryl methyl sites for hydroxylation is 1. The molecule has 1 aromatic carbocycles. The van der Waals surface area contributed by atoms with Gasteiger partial charge in [-0.1, -0.05) is 18.9 Å². The minimum absolute atomic E-state index is 0.243. The number of rotatable bonds is 2. The molecule has 1 fully saturated rings. The fraction of sp³-hybridized carbons (Fsp3) is 0.462. The van der Waals surface area contributed by atoms with Crippen molar-refractivity contribution in [2.24, 2.45) is 4.99 Å². The van der Waals surface area contributed by atoms with Gasteiger partial charge in [0.2, 0.25) is 6.08 Å². The lowest BCUT2D eigenvalue weighted by Crippen LogP contribution is -2.19. The predicted octanol–water partition coefficient (Wildman–Crippen LogP) is 3.38. The molecule has 1 aliphatic carbocycles. The van der Waals surface area contributed by atoms with E-state index < -0.39 is 17.2 Å². The molecule has 0 saturated heterocycles. The zero-order valence-corrected chi connectivity index (χ0v) is 9.59. The van der Waals surface area contributed by atoms with E-state index in [2.05, 4.69) is 4.99 Å². The van der Waals surface area contributed by atoms with E-state index in [0.717, 1.165) is 18.9 Å². The van der Waals surface area contributed by atoms with Gasteiger partial charge in [-0.3, -0.25) is 0 Å². The SMILES string of the molecule is Cc1cc(C2(N=C=O)CCCC2)cc(F)c1F. The van der Waals surface area contributed by atoms with Crippen LogP contribution in [0.1, 0.15) is 36.8 Å². The van der Waals surface area contributed by atoms with E-state index in [4.69, 9.17) is 0 Å². The highest BCUT2D eigenvalue weighted by Crippen LogP contribution is 2.42. The lowest BCUT2D eigenvalue weighted by Gasteiger charge is -2.23. The van der Waals surface area contributed by atoms with Crippen molar-refractivity contribution in [1.82, 2.24) is 0 Å². The lowest BCUT2D eigenvalue weighted by atomic mass is 9.88. The summed E-state index contributed by atoms with van der Waals surface area (Å²) in [6, 6.07) is 2.72. The van der Waals surface area contributed by atoms with Crippen LogP contribution in [0.3, 0.4) is 0 Å². The number of isocyanates is 1. The van der Waals surface area contributed by atoms with E-state index >= 15 is 0 Å². The third-order valence-corrected chi connectivity index (χ3v) is 3.44. The second-order valence-electron chi connectivity index (χ2n) is 4.53. The molecule has 1 saturated carbocycles. The van der Waals surface area contributed by atoms with E-state index in [1.807, 2.05) is 0 Å². The van der Waals surface area contributed by atoms with Gasteiger partial charge in [0.25, 0.3) is 0 Å². The van der Waals surface area contributed by atoms with Gasteiger partial charge in [-0.05, 0) is 37.0 Å². The summed E-state index contributed by atoms with van der Waals surface area (Å²) in [4.78, 5) is 14.4. The Bertz CT molecular complexity index is 463. The molecule has 0 amide bonds. The molecule has 0 radical (unpaired) electrons. The van der Waals surface area contributed by atoms with E-state index in [-0.39, 0.29) is 5.56 Å². The quantitative estimate of drug-likeness (QED) is 0.572. The predicted molar refractivity (Wildman–Crippen MR) is 59.4 cm³/mol. The second-order valence-corrected chi connectivity index (χ2v) is 4.53. The van der Waals surface area contributed by atoms with E-state index in [1.165, 1.54) is 6.92 Å². The Kier molecular flexibility index (Phi) is 3.07. The summed E-state index contributed by atoms with van der Waals surface area (Å²) in [5.41, 5.74) is 0.128. The van der Waals surface area contributed by atoms with Crippen molar-refractivity contribution in [2.75, 3.05) is 0 Å². The molecule has 0 aromatic heterocycles. The molecule has 0 atom stereocenters. The van der Waals surface area contributed by atoms with Crippen LogP contribution in [0.25, 0.3) is 0 Å². The van der Waals surface area contributed by atoms with Gasteiger partial charge in [0.05, 0.1) is 5.54 Å². The van der Waals surface area contributed by atoms with Crippen LogP contribution in [0.4, 0.5) is 8.78 Å². The van der Waals surface area contributed by atoms with Gasteiger partial charge in [-0.25, -0.2) is 13.6 Å². The maximum absolute atomic E-state index is 13.4. The molecule has 0 bridgehead atoms. The molecule has 17 heavy (non-hydrogen) atoms. The number of halogens is 2. The van der Waals surface area contributed by atoms with Crippen molar-refractivity contribution in [3.63, 3.8) is 0 Å². The molecular formula is C13H13F2NO. The third kappa shape index (κ3) is 2.01. The topological polar surface area (TPSA) is 29.4 Å². The molecule has 0 N–H and O–H groups in total. The van der Waals surface area contributed by atoms with Crippen molar-refractivity contribution in [1.29, 1.82) is 0 Å². The third-order valence-electron chi connectivity index (χ3n) is 3.44. The first-order chi connectivity index (χ1) is 8.09. The summed E-state index contributed by atoms with van der Waals surface area (Å²) in [5.74, 6) is -1.72. The van der Waals surface area contributed by atoms with Gasteiger partial charge in [-0.15, -0.1) is 0 Å². The van der Waals surface area contributed by atoms with Crippen molar-refractivity contribution >= 4 is 6.08 Å². The van der Waals surface area contributed by atoms with Gasteiger partial charge in [0, 0.05) is 0 Å². The first-order valence-corrected chi connectivity index (χ1v) is 5.64. The average Bonchev–Trinajstić information content (AvgIpc) is 2.75. The van der Waals surface area contributed by atoms with Gasteiger partial charge in [0.1, 0.15) is 0 Å². The highest BCUT2D eigenvalue weighted by atomic mass is 19.2. The first-order valence-electron chi connectivity index (χ1n) is 5.64. The Morgan fingerprint density at radius 2 is 1.94 bits per heavy atom. The maximum atomic E-state index is 13.4. The zero-order valence-electron chi connectivity index (χ0n) is 9.59. The fourth-order valence-electron chi connectivity index (χ4n) is 2.51. The average molecular weight is 237 g/mol. The van der Waals surface area contributed by atoms with Crippen LogP contribution in [0, 0.1) is 18.6 Å². The Balaban J connectivity index is 2.54. The maximum Gasteiger partial charge on any atom is 0.235 e. The molecule has 0 spiro atoms. The first kappa shape index (κ1) is 11.9. The van der Waals surface area contributed by atoms with E-state index in [1.54, 1.807) is 12.1 Å². The summed E-state index contributed by atoms with van der Waals surface area (Å²) in [7, 11) is 0. The number of aliphatic imine (C=N–C) groups is 1. The molecule has 90 valence electrons. The summed E-state index contributed by atoms with van der Waals surface area (Å²) in [5, 5.41) is 0. The zero-order chi connectivity index (χ0) is 12.5. The van der Waals surface area contributed by atoms with Crippen LogP contribution in [-0.4, -0.2) is 6.08 Å². The van der Waals surface area contributed by atoms with Crippen LogP contribution in [0.2, 0.25) is 0 Å². The monoisotopic (exact) mass is 237 g/mol. The smallest absolute Gasteiger partial charge is 0.211 e. The summed E-state index contributed by atoms with van der Waals surface area (Å²) < 4.78 is 26.6. The highest BCUT2D eigenvalue weighted by Gasteiger charge is 2.36. The largest absolute Gasteiger partial charge is 0.235 e. The van der Waals surface area contributed by atoms with Gasteiger partial charge in [0.15, 0.2) is 11.6 Å². The minimum atomic E-state index is -0.882. The summed E-state index contributed by atoms with van der Waals surface area (Å²) in [6.07, 6.45) is 4.80. The fourth-order valence-corrected chi connectivity index (χ4v) is 2.51. The Hall–Kier alpha value is -1.54. The van der Waals surface area contributed by atoms with Crippen LogP contribution in [0.5, 0.6) is 0 Å². The Morgan fingerprint density at radius 3 is 2.47 bits per heavy atom. The normalized spacial score (nSPS) is 17.8. The van der Waals surface area contributed by atoms with Crippen LogP contribution >= 0.6 is 0 Å². The van der Waals surface area contributed by atoms with Crippen molar-refractivity contribution in [2.45, 2.75) is 38.1 Å². The van der Waals surface area contributed by atoms with Gasteiger partial charge < -0.3 is 0 Å². The van der Waals surface area contributed by atoms with Gasteiger partial charge in [-0.2, -0.15) is 4.99 Å². The van der Waals surface area contributed by atoms with Crippen LogP contribution in [-0.2, 0) is 10.3 Å². The van der Waals surface area contributed by atoms with Crippen LogP contribution < -0.4 is 0 Å². The van der Waals surface area contributed by atoms with Crippen molar-refractivity contribution in [3.8, 4) is 0 Å². The summed E-state index contributed by atoms with van der Waals surface area (Å²) >= 11 is 0. The van der Waals surface area contributed by atoms with E-state index in [9.17, 15) is 13.6 Å². The Labute approximate surface area is 98.4 Å². The molecule has 0 heterocycles. The lowest BCUT2D eigenvalue weighted by molar-refractivity contribution is 0.444. The second kappa shape index (κ2) is 4.38. The molecular weight excluding hydrogens is 224 g/mol. The standard InChI is InChI=1S/C13H13F2NO/c1-9-6-10(7-11(14)12(9)15)13(16-8-17)4-2-3-5-13/h6-7H,2-5H2,1H3.